The zero-order valence-electron chi connectivity index (χ0n) is 42.2. The summed E-state index contributed by atoms with van der Waals surface area (Å²) in [6, 6.07) is 96.0. The fraction of sp³-hybridized carbons (Fsp3) is 0. The lowest BCUT2D eigenvalue weighted by Crippen LogP contribution is -2.11. The van der Waals surface area contributed by atoms with Crippen LogP contribution >= 0.6 is 0 Å². The summed E-state index contributed by atoms with van der Waals surface area (Å²) in [4.78, 5) is 4.67. The molecular formula is C72H46N4O2. The number of hydrogen-bond acceptors (Lipinski definition) is 4. The lowest BCUT2D eigenvalue weighted by atomic mass is 9.97. The molecule has 6 nitrogen and oxygen atoms in total. The topological polar surface area (TPSA) is 42.6 Å². The minimum atomic E-state index is 0.771. The minimum absolute atomic E-state index is 0.771. The third kappa shape index (κ3) is 6.83. The number of benzene rings is 12. The molecule has 16 rings (SSSR count). The highest BCUT2D eigenvalue weighted by Crippen LogP contribution is 2.50. The van der Waals surface area contributed by atoms with Crippen LogP contribution in [-0.2, 0) is 0 Å². The molecule has 0 N–H and O–H groups in total. The molecule has 4 aromatic heterocycles. The van der Waals surface area contributed by atoms with Gasteiger partial charge in [0.2, 0.25) is 0 Å². The number of rotatable bonds is 9. The third-order valence-corrected chi connectivity index (χ3v) is 15.8. The van der Waals surface area contributed by atoms with Gasteiger partial charge in [-0.2, -0.15) is 0 Å². The smallest absolute Gasteiger partial charge is 0.159 e. The van der Waals surface area contributed by atoms with E-state index in [0.29, 0.717) is 0 Å². The summed E-state index contributed by atoms with van der Waals surface area (Å²) in [5.41, 5.74) is 16.5. The molecule has 16 aromatic rings. The molecule has 0 radical (unpaired) electrons. The van der Waals surface area contributed by atoms with Crippen LogP contribution in [0.3, 0.4) is 0 Å². The molecule has 6 heteroatoms. The van der Waals surface area contributed by atoms with Gasteiger partial charge in [-0.25, -0.2) is 0 Å². The van der Waals surface area contributed by atoms with Gasteiger partial charge in [-0.05, 0) is 148 Å². The van der Waals surface area contributed by atoms with Crippen LogP contribution in [0.2, 0.25) is 0 Å². The highest BCUT2D eigenvalue weighted by atomic mass is 16.3. The highest BCUT2D eigenvalue weighted by Gasteiger charge is 2.27. The van der Waals surface area contributed by atoms with Crippen LogP contribution in [-0.4, -0.2) is 9.13 Å². The second kappa shape index (κ2) is 17.5. The molecule has 0 aliphatic carbocycles. The Labute approximate surface area is 448 Å². The maximum Gasteiger partial charge on any atom is 0.159 e. The van der Waals surface area contributed by atoms with Gasteiger partial charge in [-0.1, -0.05) is 146 Å². The Balaban J connectivity index is 0.822. The number of hydrogen-bond donors (Lipinski definition) is 0. The molecule has 78 heavy (non-hydrogen) atoms. The number of furan rings is 2. The zero-order valence-corrected chi connectivity index (χ0v) is 42.2. The maximum absolute atomic E-state index is 6.66. The van der Waals surface area contributed by atoms with E-state index >= 15 is 0 Å². The average molecular weight is 999 g/mol. The van der Waals surface area contributed by atoms with Gasteiger partial charge >= 0.3 is 0 Å². The first-order valence-electron chi connectivity index (χ1n) is 26.5. The van der Waals surface area contributed by atoms with Gasteiger partial charge in [0.05, 0.1) is 34.6 Å². The van der Waals surface area contributed by atoms with E-state index in [2.05, 4.69) is 286 Å². The van der Waals surface area contributed by atoms with Gasteiger partial charge in [0.1, 0.15) is 11.3 Å². The monoisotopic (exact) mass is 998 g/mol. The number of nitrogens with zero attached hydrogens (tertiary/aromatic N) is 4. The average Bonchev–Trinajstić information content (AvgIpc) is 4.43. The van der Waals surface area contributed by atoms with Crippen molar-refractivity contribution in [1.29, 1.82) is 0 Å². The number of aromatic nitrogens is 2. The van der Waals surface area contributed by atoms with Crippen LogP contribution in [0.5, 0.6) is 0 Å². The van der Waals surface area contributed by atoms with Gasteiger partial charge in [-0.3, -0.25) is 0 Å². The van der Waals surface area contributed by atoms with E-state index in [1.165, 1.54) is 43.2 Å². The molecule has 0 saturated heterocycles. The first kappa shape index (κ1) is 43.8. The summed E-state index contributed by atoms with van der Waals surface area (Å²) in [5, 5.41) is 11.5. The van der Waals surface area contributed by atoms with Crippen LogP contribution in [0.4, 0.5) is 34.1 Å². The predicted octanol–water partition coefficient (Wildman–Crippen LogP) is 20.3. The van der Waals surface area contributed by atoms with E-state index in [1.807, 2.05) is 0 Å². The molecule has 0 atom stereocenters. The summed E-state index contributed by atoms with van der Waals surface area (Å²) in [6.07, 6.45) is 3.61. The summed E-state index contributed by atoms with van der Waals surface area (Å²) >= 11 is 0. The SMILES string of the molecule is c1ccc(N(c2ccc(-c3c4ccoc4c(N(c4ccccc4)c4ccc5c(c4)c4ccccc4n5-c4ccc5ccccc5c4)c4ccoc34)cc2)c2ccc3c(c2)c2ccccc2n3-c2ccc3ccccc3c2)cc1. The van der Waals surface area contributed by atoms with Crippen LogP contribution in [0.1, 0.15) is 0 Å². The summed E-state index contributed by atoms with van der Waals surface area (Å²) in [7, 11) is 0. The van der Waals surface area contributed by atoms with Crippen molar-refractivity contribution in [3.05, 3.63) is 279 Å². The predicted molar refractivity (Wildman–Crippen MR) is 324 cm³/mol. The van der Waals surface area contributed by atoms with Crippen LogP contribution in [0.15, 0.2) is 288 Å². The van der Waals surface area contributed by atoms with Crippen molar-refractivity contribution in [1.82, 2.24) is 9.13 Å². The van der Waals surface area contributed by atoms with Gasteiger partial charge in [0.15, 0.2) is 5.58 Å². The minimum Gasteiger partial charge on any atom is -0.464 e. The molecule has 0 fully saturated rings. The van der Waals surface area contributed by atoms with Crippen molar-refractivity contribution in [2.24, 2.45) is 0 Å². The molecule has 0 saturated carbocycles. The summed E-state index contributed by atoms with van der Waals surface area (Å²) < 4.78 is 18.1. The van der Waals surface area contributed by atoms with Gasteiger partial charge in [0.25, 0.3) is 0 Å². The van der Waals surface area contributed by atoms with Crippen LogP contribution < -0.4 is 9.80 Å². The first-order valence-corrected chi connectivity index (χ1v) is 26.5. The van der Waals surface area contributed by atoms with Gasteiger partial charge in [-0.15, -0.1) is 0 Å². The Morgan fingerprint density at radius 1 is 0.269 bits per heavy atom. The molecule has 0 aliphatic rings. The first-order chi connectivity index (χ1) is 38.7. The summed E-state index contributed by atoms with van der Waals surface area (Å²) in [5.74, 6) is 0. The lowest BCUT2D eigenvalue weighted by molar-refractivity contribution is 0.613. The van der Waals surface area contributed by atoms with E-state index in [0.717, 1.165) is 101 Å². The fourth-order valence-corrected chi connectivity index (χ4v) is 12.3. The fourth-order valence-electron chi connectivity index (χ4n) is 12.3. The van der Waals surface area contributed by atoms with Crippen molar-refractivity contribution in [2.45, 2.75) is 0 Å². The van der Waals surface area contributed by atoms with E-state index in [4.69, 9.17) is 8.83 Å². The molecule has 0 unspecified atom stereocenters. The van der Waals surface area contributed by atoms with E-state index in [-0.39, 0.29) is 0 Å². The Hall–Kier alpha value is -10.6. The number of anilines is 6. The van der Waals surface area contributed by atoms with Crippen LogP contribution in [0.25, 0.3) is 110 Å². The second-order valence-electron chi connectivity index (χ2n) is 20.1. The third-order valence-electron chi connectivity index (χ3n) is 15.8. The Bertz CT molecular complexity index is 4940. The zero-order chi connectivity index (χ0) is 51.3. The lowest BCUT2D eigenvalue weighted by Gasteiger charge is -2.27. The normalized spacial score (nSPS) is 11.8. The molecular weight excluding hydrogens is 953 g/mol. The molecule has 0 amide bonds. The molecule has 4 heterocycles. The Kier molecular flexibility index (Phi) is 9.84. The second-order valence-corrected chi connectivity index (χ2v) is 20.1. The Morgan fingerprint density at radius 2 is 0.705 bits per heavy atom. The van der Waals surface area contributed by atoms with Crippen molar-refractivity contribution in [2.75, 3.05) is 9.80 Å². The maximum atomic E-state index is 6.66. The van der Waals surface area contributed by atoms with E-state index in [9.17, 15) is 0 Å². The van der Waals surface area contributed by atoms with E-state index in [1.54, 1.807) is 12.5 Å². The Morgan fingerprint density at radius 3 is 1.28 bits per heavy atom. The standard InChI is InChI=1S/C72H46N4O2/c1-3-19-52(20-4-1)73(57-35-37-67-63(45-57)59-23-11-13-25-65(59)75(67)55-33-27-47-15-7-9-17-50(47)43-55)54-31-29-49(30-32-54)69-61-39-41-78-72(61)70(62-40-42-77-71(62)69)74(53-21-5-2-6-22-53)58-36-38-68-64(46-58)60-24-12-14-26-66(60)76(68)56-34-28-48-16-8-10-18-51(48)44-56/h1-46H. The van der Waals surface area contributed by atoms with Crippen molar-refractivity contribution >= 4 is 121 Å². The number of fused-ring (bicyclic) bond motifs is 10. The highest BCUT2D eigenvalue weighted by molar-refractivity contribution is 6.20. The quantitative estimate of drug-likeness (QED) is 0.145. The van der Waals surface area contributed by atoms with Crippen molar-refractivity contribution in [3.63, 3.8) is 0 Å². The molecule has 0 aliphatic heterocycles. The van der Waals surface area contributed by atoms with Crippen molar-refractivity contribution < 1.29 is 8.83 Å². The van der Waals surface area contributed by atoms with Crippen LogP contribution in [0, 0.1) is 0 Å². The molecule has 366 valence electrons. The van der Waals surface area contributed by atoms with Gasteiger partial charge in [0, 0.05) is 77.7 Å². The van der Waals surface area contributed by atoms with Gasteiger partial charge < -0.3 is 27.8 Å². The largest absolute Gasteiger partial charge is 0.464 e. The van der Waals surface area contributed by atoms with E-state index < -0.39 is 0 Å². The summed E-state index contributed by atoms with van der Waals surface area (Å²) in [6.45, 7) is 0. The van der Waals surface area contributed by atoms with Crippen molar-refractivity contribution in [3.8, 4) is 22.5 Å². The molecule has 12 aromatic carbocycles. The molecule has 0 spiro atoms. The molecule has 0 bridgehead atoms. The number of para-hydroxylation sites is 4.